The summed E-state index contributed by atoms with van der Waals surface area (Å²) in [5.74, 6) is 0. The predicted molar refractivity (Wildman–Crippen MR) is 68.0 cm³/mol. The molecule has 1 heteroatoms. The zero-order chi connectivity index (χ0) is 11.9. The Morgan fingerprint density at radius 2 is 1.53 bits per heavy atom. The van der Waals surface area contributed by atoms with Crippen LogP contribution in [0.15, 0.2) is 23.3 Å². The van der Waals surface area contributed by atoms with Crippen molar-refractivity contribution in [3.05, 3.63) is 23.3 Å². The number of unbranched alkanes of at least 4 members (excludes halogenated alkanes) is 2. The van der Waals surface area contributed by atoms with Crippen molar-refractivity contribution in [1.82, 2.24) is 0 Å². The van der Waals surface area contributed by atoms with Gasteiger partial charge in [-0.05, 0) is 51.7 Å². The number of hydrogen-bond donors (Lipinski definition) is 1. The molecule has 88 valence electrons. The zero-order valence-electron chi connectivity index (χ0n) is 10.9. The lowest BCUT2D eigenvalue weighted by atomic mass is 9.82. The summed E-state index contributed by atoms with van der Waals surface area (Å²) in [6.07, 6.45) is 8.34. The summed E-state index contributed by atoms with van der Waals surface area (Å²) in [4.78, 5) is 0. The van der Waals surface area contributed by atoms with Gasteiger partial charge in [-0.25, -0.2) is 0 Å². The highest BCUT2D eigenvalue weighted by Crippen LogP contribution is 2.31. The molecule has 1 atom stereocenters. The van der Waals surface area contributed by atoms with Crippen LogP contribution in [0.25, 0.3) is 0 Å². The third kappa shape index (κ3) is 3.83. The van der Waals surface area contributed by atoms with Gasteiger partial charge < -0.3 is 5.11 Å². The van der Waals surface area contributed by atoms with E-state index in [1.807, 2.05) is 39.8 Å². The summed E-state index contributed by atoms with van der Waals surface area (Å²) in [5, 5.41) is 10.6. The van der Waals surface area contributed by atoms with Crippen LogP contribution < -0.4 is 0 Å². The standard InChI is InChI=1S/C14H26O/c1-6-9-10-11-14(15,12(4)7-2)13(5)8-3/h7-8,15H,6,9-11H2,1-5H3/b12-7-,13-8+. The van der Waals surface area contributed by atoms with Gasteiger partial charge in [0.15, 0.2) is 0 Å². The van der Waals surface area contributed by atoms with E-state index in [2.05, 4.69) is 6.92 Å². The van der Waals surface area contributed by atoms with Gasteiger partial charge >= 0.3 is 0 Å². The van der Waals surface area contributed by atoms with Gasteiger partial charge in [0.25, 0.3) is 0 Å². The first-order chi connectivity index (χ1) is 7.02. The van der Waals surface area contributed by atoms with E-state index in [9.17, 15) is 5.11 Å². The fraction of sp³-hybridized carbons (Fsp3) is 0.714. The highest BCUT2D eigenvalue weighted by atomic mass is 16.3. The van der Waals surface area contributed by atoms with Crippen LogP contribution in [0.5, 0.6) is 0 Å². The Morgan fingerprint density at radius 1 is 1.07 bits per heavy atom. The molecule has 0 radical (unpaired) electrons. The molecule has 0 bridgehead atoms. The quantitative estimate of drug-likeness (QED) is 0.514. The zero-order valence-corrected chi connectivity index (χ0v) is 10.9. The summed E-state index contributed by atoms with van der Waals surface area (Å²) < 4.78 is 0. The molecule has 0 aromatic carbocycles. The van der Waals surface area contributed by atoms with E-state index in [4.69, 9.17) is 0 Å². The number of rotatable bonds is 6. The Labute approximate surface area is 94.9 Å². The third-order valence-corrected chi connectivity index (χ3v) is 3.31. The van der Waals surface area contributed by atoms with Crippen LogP contribution in [-0.2, 0) is 0 Å². The second-order valence-corrected chi connectivity index (χ2v) is 4.26. The average molecular weight is 210 g/mol. The van der Waals surface area contributed by atoms with Crippen LogP contribution in [0.1, 0.15) is 60.3 Å². The lowest BCUT2D eigenvalue weighted by molar-refractivity contribution is 0.103. The fourth-order valence-corrected chi connectivity index (χ4v) is 1.81. The minimum Gasteiger partial charge on any atom is -0.381 e. The van der Waals surface area contributed by atoms with Crippen molar-refractivity contribution in [3.63, 3.8) is 0 Å². The van der Waals surface area contributed by atoms with Crippen molar-refractivity contribution in [2.75, 3.05) is 0 Å². The van der Waals surface area contributed by atoms with Crippen molar-refractivity contribution >= 4 is 0 Å². The predicted octanol–water partition coefficient (Wildman–Crippen LogP) is 4.23. The van der Waals surface area contributed by atoms with E-state index < -0.39 is 5.60 Å². The normalized spacial score (nSPS) is 17.7. The highest BCUT2D eigenvalue weighted by molar-refractivity contribution is 5.29. The van der Waals surface area contributed by atoms with E-state index in [0.717, 1.165) is 24.0 Å². The molecule has 0 aliphatic carbocycles. The van der Waals surface area contributed by atoms with Crippen LogP contribution in [0.4, 0.5) is 0 Å². The van der Waals surface area contributed by atoms with E-state index in [1.54, 1.807) is 0 Å². The Balaban J connectivity index is 4.72. The number of aliphatic hydroxyl groups is 1. The average Bonchev–Trinajstić information content (AvgIpc) is 2.26. The van der Waals surface area contributed by atoms with Gasteiger partial charge in [0.1, 0.15) is 5.60 Å². The molecule has 15 heavy (non-hydrogen) atoms. The largest absolute Gasteiger partial charge is 0.381 e. The van der Waals surface area contributed by atoms with Crippen molar-refractivity contribution in [2.24, 2.45) is 0 Å². The van der Waals surface area contributed by atoms with Crippen molar-refractivity contribution < 1.29 is 5.11 Å². The van der Waals surface area contributed by atoms with Crippen LogP contribution in [0, 0.1) is 0 Å². The molecule has 0 fully saturated rings. The summed E-state index contributed by atoms with van der Waals surface area (Å²) in [7, 11) is 0. The van der Waals surface area contributed by atoms with Gasteiger partial charge in [0, 0.05) is 0 Å². The molecule has 0 heterocycles. The number of allylic oxidation sites excluding steroid dienone is 2. The molecule has 1 unspecified atom stereocenters. The van der Waals surface area contributed by atoms with E-state index in [-0.39, 0.29) is 0 Å². The minimum atomic E-state index is -0.710. The van der Waals surface area contributed by atoms with Crippen LogP contribution in [0.2, 0.25) is 0 Å². The Morgan fingerprint density at radius 3 is 1.87 bits per heavy atom. The maximum absolute atomic E-state index is 10.6. The molecule has 0 rings (SSSR count). The van der Waals surface area contributed by atoms with E-state index in [1.165, 1.54) is 12.8 Å². The van der Waals surface area contributed by atoms with Crippen molar-refractivity contribution in [1.29, 1.82) is 0 Å². The molecule has 0 aromatic rings. The highest BCUT2D eigenvalue weighted by Gasteiger charge is 2.29. The smallest absolute Gasteiger partial charge is 0.106 e. The molecule has 1 N–H and O–H groups in total. The van der Waals surface area contributed by atoms with Gasteiger partial charge in [-0.1, -0.05) is 31.9 Å². The first kappa shape index (κ1) is 14.4. The summed E-state index contributed by atoms with van der Waals surface area (Å²) >= 11 is 0. The molecule has 0 aromatic heterocycles. The molecule has 0 aliphatic heterocycles. The maximum atomic E-state index is 10.6. The lowest BCUT2D eigenvalue weighted by Crippen LogP contribution is -2.31. The van der Waals surface area contributed by atoms with Crippen LogP contribution in [-0.4, -0.2) is 10.7 Å². The topological polar surface area (TPSA) is 20.2 Å². The molecule has 0 saturated heterocycles. The second-order valence-electron chi connectivity index (χ2n) is 4.26. The molecular formula is C14H26O. The molecular weight excluding hydrogens is 184 g/mol. The van der Waals surface area contributed by atoms with Crippen LogP contribution >= 0.6 is 0 Å². The van der Waals surface area contributed by atoms with E-state index >= 15 is 0 Å². The van der Waals surface area contributed by atoms with Gasteiger partial charge in [0.2, 0.25) is 0 Å². The lowest BCUT2D eigenvalue weighted by Gasteiger charge is -2.30. The summed E-state index contributed by atoms with van der Waals surface area (Å²) in [6, 6.07) is 0. The minimum absolute atomic E-state index is 0.710. The van der Waals surface area contributed by atoms with Crippen LogP contribution in [0.3, 0.4) is 0 Å². The molecule has 0 aliphatic rings. The first-order valence-electron chi connectivity index (χ1n) is 6.02. The van der Waals surface area contributed by atoms with E-state index in [0.29, 0.717) is 0 Å². The van der Waals surface area contributed by atoms with Gasteiger partial charge in [-0.15, -0.1) is 0 Å². The molecule has 1 nitrogen and oxygen atoms in total. The molecule has 0 spiro atoms. The van der Waals surface area contributed by atoms with Gasteiger partial charge in [-0.3, -0.25) is 0 Å². The second kappa shape index (κ2) is 6.84. The Bertz CT molecular complexity index is 218. The number of hydrogen-bond acceptors (Lipinski definition) is 1. The van der Waals surface area contributed by atoms with Gasteiger partial charge in [0.05, 0.1) is 0 Å². The SMILES string of the molecule is C/C=C(/C)C(O)(CCCCC)/C(C)=C/C. The molecule has 0 amide bonds. The van der Waals surface area contributed by atoms with Gasteiger partial charge in [-0.2, -0.15) is 0 Å². The third-order valence-electron chi connectivity index (χ3n) is 3.31. The Kier molecular flexibility index (Phi) is 6.58. The fourth-order valence-electron chi connectivity index (χ4n) is 1.81. The monoisotopic (exact) mass is 210 g/mol. The first-order valence-corrected chi connectivity index (χ1v) is 6.02. The summed E-state index contributed by atoms with van der Waals surface area (Å²) in [6.45, 7) is 10.2. The Hall–Kier alpha value is -0.560. The molecule has 0 saturated carbocycles. The van der Waals surface area contributed by atoms with Crippen molar-refractivity contribution in [3.8, 4) is 0 Å². The summed E-state index contributed by atoms with van der Waals surface area (Å²) in [5.41, 5.74) is 1.42. The maximum Gasteiger partial charge on any atom is 0.106 e. The van der Waals surface area contributed by atoms with Crippen molar-refractivity contribution in [2.45, 2.75) is 65.9 Å².